The Morgan fingerprint density at radius 2 is 1.71 bits per heavy atom. The van der Waals surface area contributed by atoms with E-state index in [0.29, 0.717) is 11.4 Å². The second-order valence-electron chi connectivity index (χ2n) is 4.92. The lowest BCUT2D eigenvalue weighted by atomic mass is 10.2. The zero-order valence-corrected chi connectivity index (χ0v) is 11.6. The molecule has 0 radical (unpaired) electrons. The van der Waals surface area contributed by atoms with E-state index >= 15 is 0 Å². The molecule has 1 aliphatic heterocycles. The van der Waals surface area contributed by atoms with Gasteiger partial charge in [0.05, 0.1) is 11.9 Å². The number of nitrogens with zero attached hydrogens (tertiary/aromatic N) is 5. The maximum absolute atomic E-state index is 8.92. The summed E-state index contributed by atoms with van der Waals surface area (Å²) in [6, 6.07) is 11.4. The van der Waals surface area contributed by atoms with Gasteiger partial charge < -0.3 is 15.5 Å². The van der Waals surface area contributed by atoms with Crippen molar-refractivity contribution in [3.8, 4) is 6.07 Å². The Bertz CT molecular complexity index is 653. The Morgan fingerprint density at radius 3 is 2.33 bits per heavy atom. The molecule has 1 aliphatic rings. The summed E-state index contributed by atoms with van der Waals surface area (Å²) in [6.07, 6.45) is 1.68. The highest BCUT2D eigenvalue weighted by Crippen LogP contribution is 2.18. The van der Waals surface area contributed by atoms with E-state index in [2.05, 4.69) is 25.8 Å². The minimum Gasteiger partial charge on any atom is -0.397 e. The Labute approximate surface area is 123 Å². The van der Waals surface area contributed by atoms with Gasteiger partial charge in [-0.1, -0.05) is 6.07 Å². The Morgan fingerprint density at radius 1 is 1.00 bits per heavy atom. The molecule has 0 bridgehead atoms. The molecule has 1 saturated heterocycles. The number of piperazine rings is 1. The van der Waals surface area contributed by atoms with Crippen molar-refractivity contribution in [3.05, 3.63) is 42.2 Å². The fourth-order valence-corrected chi connectivity index (χ4v) is 2.41. The molecule has 21 heavy (non-hydrogen) atoms. The van der Waals surface area contributed by atoms with Crippen molar-refractivity contribution in [1.82, 2.24) is 9.97 Å². The molecule has 0 unspecified atom stereocenters. The van der Waals surface area contributed by atoms with E-state index < -0.39 is 0 Å². The summed E-state index contributed by atoms with van der Waals surface area (Å²) in [5.74, 6) is 1.81. The van der Waals surface area contributed by atoms with E-state index in [1.165, 1.54) is 0 Å². The van der Waals surface area contributed by atoms with Crippen LogP contribution in [0.4, 0.5) is 17.3 Å². The highest BCUT2D eigenvalue weighted by Gasteiger charge is 2.19. The molecule has 0 amide bonds. The van der Waals surface area contributed by atoms with Crippen molar-refractivity contribution in [2.24, 2.45) is 0 Å². The monoisotopic (exact) mass is 280 g/mol. The predicted octanol–water partition coefficient (Wildman–Crippen LogP) is 1.26. The van der Waals surface area contributed by atoms with Crippen LogP contribution in [0.5, 0.6) is 0 Å². The minimum atomic E-state index is 0.454. The molecule has 2 aromatic rings. The van der Waals surface area contributed by atoms with E-state index in [9.17, 15) is 0 Å². The predicted molar refractivity (Wildman–Crippen MR) is 82.0 cm³/mol. The molecule has 0 atom stereocenters. The van der Waals surface area contributed by atoms with Gasteiger partial charge in [-0.3, -0.25) is 0 Å². The van der Waals surface area contributed by atoms with Crippen molar-refractivity contribution >= 4 is 17.3 Å². The molecule has 0 aliphatic carbocycles. The third kappa shape index (κ3) is 2.87. The highest BCUT2D eigenvalue weighted by molar-refractivity contribution is 5.48. The molecule has 0 spiro atoms. The lowest BCUT2D eigenvalue weighted by Crippen LogP contribution is -2.47. The molecule has 3 heterocycles. The van der Waals surface area contributed by atoms with Gasteiger partial charge in [-0.2, -0.15) is 5.26 Å². The standard InChI is InChI=1S/C15H16N6/c16-10-13-2-1-3-15(19-13)21-8-6-20(7-9-21)14-5-4-12(17)11-18-14/h1-5,11H,6-9,17H2. The van der Waals surface area contributed by atoms with Gasteiger partial charge in [-0.15, -0.1) is 0 Å². The summed E-state index contributed by atoms with van der Waals surface area (Å²) in [5, 5.41) is 8.92. The summed E-state index contributed by atoms with van der Waals surface area (Å²) in [6.45, 7) is 3.45. The number of rotatable bonds is 2. The lowest BCUT2D eigenvalue weighted by Gasteiger charge is -2.36. The summed E-state index contributed by atoms with van der Waals surface area (Å²) < 4.78 is 0. The van der Waals surface area contributed by atoms with Crippen LogP contribution in [0.2, 0.25) is 0 Å². The third-order valence-electron chi connectivity index (χ3n) is 3.55. The maximum Gasteiger partial charge on any atom is 0.142 e. The topological polar surface area (TPSA) is 82.1 Å². The first-order chi connectivity index (χ1) is 10.3. The first-order valence-electron chi connectivity index (χ1n) is 6.85. The average molecular weight is 280 g/mol. The smallest absolute Gasteiger partial charge is 0.142 e. The number of nitriles is 1. The van der Waals surface area contributed by atoms with Gasteiger partial charge in [0.2, 0.25) is 0 Å². The summed E-state index contributed by atoms with van der Waals surface area (Å²) >= 11 is 0. The lowest BCUT2D eigenvalue weighted by molar-refractivity contribution is 0.641. The third-order valence-corrected chi connectivity index (χ3v) is 3.55. The SMILES string of the molecule is N#Cc1cccc(N2CCN(c3ccc(N)cn3)CC2)n1. The van der Waals surface area contributed by atoms with Gasteiger partial charge in [0.25, 0.3) is 0 Å². The zero-order chi connectivity index (χ0) is 14.7. The van der Waals surface area contributed by atoms with Gasteiger partial charge >= 0.3 is 0 Å². The number of pyridine rings is 2. The van der Waals surface area contributed by atoms with Crippen LogP contribution >= 0.6 is 0 Å². The fourth-order valence-electron chi connectivity index (χ4n) is 2.41. The molecule has 106 valence electrons. The van der Waals surface area contributed by atoms with Crippen molar-refractivity contribution in [1.29, 1.82) is 5.26 Å². The van der Waals surface area contributed by atoms with Crippen LogP contribution in [0.3, 0.4) is 0 Å². The highest BCUT2D eigenvalue weighted by atomic mass is 15.3. The van der Waals surface area contributed by atoms with Crippen LogP contribution in [-0.4, -0.2) is 36.1 Å². The van der Waals surface area contributed by atoms with E-state index in [1.807, 2.05) is 24.3 Å². The molecule has 0 aromatic carbocycles. The molecule has 6 heteroatoms. The molecule has 1 fully saturated rings. The first kappa shape index (κ1) is 13.2. The number of anilines is 3. The summed E-state index contributed by atoms with van der Waals surface area (Å²) in [7, 11) is 0. The van der Waals surface area contributed by atoms with E-state index in [0.717, 1.165) is 37.8 Å². The normalized spacial score (nSPS) is 14.8. The van der Waals surface area contributed by atoms with E-state index in [-0.39, 0.29) is 0 Å². The second-order valence-corrected chi connectivity index (χ2v) is 4.92. The number of hydrogen-bond acceptors (Lipinski definition) is 6. The number of aromatic nitrogens is 2. The van der Waals surface area contributed by atoms with Gasteiger partial charge in [0.1, 0.15) is 23.4 Å². The number of nitrogens with two attached hydrogens (primary N) is 1. The first-order valence-corrected chi connectivity index (χ1v) is 6.85. The van der Waals surface area contributed by atoms with Crippen LogP contribution in [0, 0.1) is 11.3 Å². The van der Waals surface area contributed by atoms with Crippen molar-refractivity contribution in [2.45, 2.75) is 0 Å². The summed E-state index contributed by atoms with van der Waals surface area (Å²) in [4.78, 5) is 13.1. The van der Waals surface area contributed by atoms with Crippen LogP contribution in [0.15, 0.2) is 36.5 Å². The van der Waals surface area contributed by atoms with Gasteiger partial charge in [0, 0.05) is 26.2 Å². The number of hydrogen-bond donors (Lipinski definition) is 1. The molecule has 2 aromatic heterocycles. The summed E-state index contributed by atoms with van der Waals surface area (Å²) in [5.41, 5.74) is 6.79. The van der Waals surface area contributed by atoms with Crippen LogP contribution in [0.25, 0.3) is 0 Å². The Hall–Kier alpha value is -2.81. The van der Waals surface area contributed by atoms with Crippen molar-refractivity contribution < 1.29 is 0 Å². The minimum absolute atomic E-state index is 0.454. The number of nitrogen functional groups attached to an aromatic ring is 1. The average Bonchev–Trinajstić information content (AvgIpc) is 2.56. The molecular formula is C15H16N6. The van der Waals surface area contributed by atoms with E-state index in [1.54, 1.807) is 12.3 Å². The zero-order valence-electron chi connectivity index (χ0n) is 11.6. The fraction of sp³-hybridized carbons (Fsp3) is 0.267. The van der Waals surface area contributed by atoms with Crippen LogP contribution < -0.4 is 15.5 Å². The molecule has 2 N–H and O–H groups in total. The largest absolute Gasteiger partial charge is 0.397 e. The quantitative estimate of drug-likeness (QED) is 0.891. The van der Waals surface area contributed by atoms with Crippen molar-refractivity contribution in [3.63, 3.8) is 0 Å². The van der Waals surface area contributed by atoms with Gasteiger partial charge in [-0.05, 0) is 24.3 Å². The molecule has 6 nitrogen and oxygen atoms in total. The molecule has 0 saturated carbocycles. The molecular weight excluding hydrogens is 264 g/mol. The Kier molecular flexibility index (Phi) is 3.56. The van der Waals surface area contributed by atoms with Gasteiger partial charge in [0.15, 0.2) is 0 Å². The van der Waals surface area contributed by atoms with E-state index in [4.69, 9.17) is 11.0 Å². The van der Waals surface area contributed by atoms with Crippen LogP contribution in [-0.2, 0) is 0 Å². The van der Waals surface area contributed by atoms with Gasteiger partial charge in [-0.25, -0.2) is 9.97 Å². The second kappa shape index (κ2) is 5.67. The molecule has 3 rings (SSSR count). The van der Waals surface area contributed by atoms with Crippen molar-refractivity contribution in [2.75, 3.05) is 41.7 Å². The van der Waals surface area contributed by atoms with Crippen LogP contribution in [0.1, 0.15) is 5.69 Å². The Balaban J connectivity index is 1.67. The maximum atomic E-state index is 8.92.